The Morgan fingerprint density at radius 3 is 1.63 bits per heavy atom. The van der Waals surface area contributed by atoms with Crippen molar-refractivity contribution in [3.8, 4) is 28.4 Å². The van der Waals surface area contributed by atoms with Gasteiger partial charge in [-0.25, -0.2) is 24.0 Å². The van der Waals surface area contributed by atoms with Gasteiger partial charge >= 0.3 is 29.1 Å². The topological polar surface area (TPSA) is 599 Å². The smallest absolute Gasteiger partial charge is 0.365 e. The number of carbonyl (C=O) groups is 15. The Balaban J connectivity index is 0.828. The summed E-state index contributed by atoms with van der Waals surface area (Å²) in [5, 5.41) is 84.4. The SMILES string of the molecule is CC[C@H](C)[C@H](NC(=O)[C@H](Cc1cnc[nH]1)NC(=O)[C@H](CS)NC(=O)[C@H](CC(C)C)NC(=O)[C@H](CC(=O)O)NC(=O)[C@H](Cc1ccc(O)c(I)c1)NC(=O)[C@@H]1CCCN1C(=O)[C@H](CS)NC(=O)[C@H](Cc1cnc[nH]1)NC(=O)[C@H](Cc1ccccc1)NC(=O)CCCCCNC(=O)Nc1ccc(-c2c3ccc(O)cc3[o+]c3cc(O)ccc23)c(C(=O)O)c1)C(=O)N[C@@H](CC(C)C)C(N)=O. The number of aromatic nitrogens is 4. The Kier molecular flexibility index (Phi) is 38.3. The number of hydrogen-bond acceptors (Lipinski definition) is 22. The first-order valence-electron chi connectivity index (χ1n) is 43.1. The van der Waals surface area contributed by atoms with Crippen LogP contribution in [0.15, 0.2) is 133 Å². The molecule has 42 heteroatoms. The normalized spacial score (nSPS) is 15.0. The Morgan fingerprint density at radius 1 is 0.553 bits per heavy atom. The number of carboxylic acid groups (broad SMARTS) is 2. The van der Waals surface area contributed by atoms with E-state index in [4.69, 9.17) is 10.2 Å². The van der Waals surface area contributed by atoms with Crippen LogP contribution in [0.5, 0.6) is 17.2 Å². The molecular formula is C90H112IN18O21S2+. The highest BCUT2D eigenvalue weighted by Crippen LogP contribution is 2.41. The first-order chi connectivity index (χ1) is 62.9. The number of likely N-dealkylation sites (tertiary alicyclic amines) is 1. The molecule has 0 aliphatic carbocycles. The van der Waals surface area contributed by atoms with Gasteiger partial charge in [0.2, 0.25) is 70.9 Å². The fourth-order valence-corrected chi connectivity index (χ4v) is 16.1. The van der Waals surface area contributed by atoms with Gasteiger partial charge in [-0.2, -0.15) is 25.3 Å². The molecule has 132 heavy (non-hydrogen) atoms. The molecule has 1 saturated heterocycles. The predicted molar refractivity (Wildman–Crippen MR) is 500 cm³/mol. The Bertz CT molecular complexity index is 5400. The third-order valence-electron chi connectivity index (χ3n) is 22.0. The number of phenolic OH excluding ortho intramolecular Hbond substituents is 3. The van der Waals surface area contributed by atoms with Gasteiger partial charge in [-0.3, -0.25) is 62.3 Å². The van der Waals surface area contributed by atoms with Crippen LogP contribution in [0.1, 0.15) is 139 Å². The van der Waals surface area contributed by atoms with E-state index < -0.39 is 168 Å². The van der Waals surface area contributed by atoms with E-state index in [9.17, 15) is 97.5 Å². The van der Waals surface area contributed by atoms with E-state index in [2.05, 4.69) is 109 Å². The summed E-state index contributed by atoms with van der Waals surface area (Å²) in [6, 6.07) is 9.53. The van der Waals surface area contributed by atoms with Crippen molar-refractivity contribution in [2.24, 2.45) is 23.5 Å². The van der Waals surface area contributed by atoms with E-state index >= 15 is 0 Å². The first-order valence-corrected chi connectivity index (χ1v) is 45.4. The van der Waals surface area contributed by atoms with E-state index in [0.29, 0.717) is 68.1 Å². The summed E-state index contributed by atoms with van der Waals surface area (Å²) < 4.78 is 6.29. The number of aliphatic carboxylic acids is 1. The number of carbonyl (C=O) groups excluding carboxylic acids is 13. The van der Waals surface area contributed by atoms with Crippen molar-refractivity contribution < 1.29 is 102 Å². The van der Waals surface area contributed by atoms with Gasteiger partial charge in [-0.1, -0.05) is 96.8 Å². The zero-order valence-corrected chi connectivity index (χ0v) is 77.3. The molecule has 0 bridgehead atoms. The van der Waals surface area contributed by atoms with Gasteiger partial charge in [0.25, 0.3) is 0 Å². The molecule has 39 nitrogen and oxygen atoms in total. The maximum atomic E-state index is 14.9. The summed E-state index contributed by atoms with van der Waals surface area (Å²) in [5.74, 6) is -15.3. The predicted octanol–water partition coefficient (Wildman–Crippen LogP) is 4.85. The number of halogens is 1. The minimum Gasteiger partial charge on any atom is -0.508 e. The van der Waals surface area contributed by atoms with Gasteiger partial charge in [0, 0.05) is 91.7 Å². The van der Waals surface area contributed by atoms with Crippen molar-refractivity contribution in [2.75, 3.05) is 29.9 Å². The summed E-state index contributed by atoms with van der Waals surface area (Å²) >= 11 is 10.6. The van der Waals surface area contributed by atoms with Crippen molar-refractivity contribution in [3.63, 3.8) is 0 Å². The average molecular weight is 1970 g/mol. The maximum absolute atomic E-state index is 14.9. The second-order valence-electron chi connectivity index (χ2n) is 33.1. The molecule has 3 aromatic heterocycles. The Hall–Kier alpha value is -13.1. The largest absolute Gasteiger partial charge is 0.508 e. The quantitative estimate of drug-likeness (QED) is 0.00796. The number of nitrogens with zero attached hydrogens (tertiary/aromatic N) is 3. The van der Waals surface area contributed by atoms with Gasteiger partial charge in [0.05, 0.1) is 51.1 Å². The summed E-state index contributed by atoms with van der Waals surface area (Å²) in [5.41, 5.74) is 8.53. The fourth-order valence-electron chi connectivity index (χ4n) is 15.0. The lowest BCUT2D eigenvalue weighted by atomic mass is 9.93. The third kappa shape index (κ3) is 29.7. The van der Waals surface area contributed by atoms with Crippen molar-refractivity contribution in [2.45, 2.75) is 198 Å². The van der Waals surface area contributed by atoms with E-state index in [-0.39, 0.29) is 139 Å². The van der Waals surface area contributed by atoms with Crippen LogP contribution in [-0.4, -0.2) is 230 Å². The number of aromatic carboxylic acids is 1. The Labute approximate surface area is 784 Å². The number of benzene rings is 5. The van der Waals surface area contributed by atoms with Gasteiger partial charge in [0.15, 0.2) is 0 Å². The lowest BCUT2D eigenvalue weighted by molar-refractivity contribution is -0.142. The summed E-state index contributed by atoms with van der Waals surface area (Å²) in [4.78, 5) is 225. The number of imidazole rings is 2. The molecular weight excluding hydrogens is 1860 g/mol. The van der Waals surface area contributed by atoms with Gasteiger partial charge < -0.3 is 110 Å². The molecule has 8 aromatic rings. The van der Waals surface area contributed by atoms with E-state index in [1.165, 1.54) is 90.6 Å². The molecule has 14 amide bonds. The number of unbranched alkanes of at least 4 members (excludes halogenated alkanes) is 2. The fraction of sp³-hybridized carbons (Fsp3) is 0.422. The monoisotopic (exact) mass is 1970 g/mol. The number of nitrogens with one attached hydrogen (secondary N) is 14. The highest BCUT2D eigenvalue weighted by atomic mass is 127. The van der Waals surface area contributed by atoms with Crippen LogP contribution in [-0.2, 0) is 88.0 Å². The van der Waals surface area contributed by atoms with Crippen molar-refractivity contribution in [1.82, 2.24) is 83.3 Å². The summed E-state index contributed by atoms with van der Waals surface area (Å²) in [6.07, 6.45) is 5.39. The second-order valence-corrected chi connectivity index (χ2v) is 35.0. The molecule has 0 unspecified atom stereocenters. The number of amides is 14. The number of aromatic hydroxyl groups is 3. The highest BCUT2D eigenvalue weighted by Gasteiger charge is 2.42. The molecule has 0 saturated carbocycles. The van der Waals surface area contributed by atoms with Crippen LogP contribution in [0.3, 0.4) is 0 Å². The zero-order chi connectivity index (χ0) is 96.2. The summed E-state index contributed by atoms with van der Waals surface area (Å²) in [6.45, 7) is 10.7. The minimum absolute atomic E-state index is 0.0181. The van der Waals surface area contributed by atoms with Crippen LogP contribution in [0, 0.1) is 21.3 Å². The first kappa shape index (κ1) is 103. The van der Waals surface area contributed by atoms with Crippen molar-refractivity contribution in [3.05, 3.63) is 160 Å². The number of nitrogens with two attached hydrogens (primary N) is 1. The lowest BCUT2D eigenvalue weighted by Crippen LogP contribution is -2.62. The van der Waals surface area contributed by atoms with Gasteiger partial charge in [0.1, 0.15) is 83.7 Å². The average Bonchev–Trinajstić information content (AvgIpc) is 0.809. The van der Waals surface area contributed by atoms with E-state index in [1.807, 2.05) is 36.4 Å². The maximum Gasteiger partial charge on any atom is 0.365 e. The van der Waals surface area contributed by atoms with Crippen LogP contribution in [0.2, 0.25) is 0 Å². The molecule has 1 aliphatic heterocycles. The molecule has 5 aromatic carbocycles. The third-order valence-corrected chi connectivity index (χ3v) is 23.6. The number of rotatable bonds is 48. The molecule has 1 aliphatic rings. The number of urea groups is 1. The van der Waals surface area contributed by atoms with Crippen LogP contribution in [0.25, 0.3) is 33.1 Å². The molecule has 0 radical (unpaired) electrons. The number of H-pyrrole nitrogens is 2. The minimum atomic E-state index is -1.97. The Morgan fingerprint density at radius 2 is 1.08 bits per heavy atom. The second kappa shape index (κ2) is 49.2. The highest BCUT2D eigenvalue weighted by molar-refractivity contribution is 14.1. The number of aromatic amines is 2. The van der Waals surface area contributed by atoms with E-state index in [1.54, 1.807) is 70.2 Å². The molecule has 4 heterocycles. The lowest BCUT2D eigenvalue weighted by Gasteiger charge is -2.31. The van der Waals surface area contributed by atoms with Crippen molar-refractivity contribution in [1.29, 1.82) is 0 Å². The van der Waals surface area contributed by atoms with Crippen LogP contribution < -0.4 is 69.5 Å². The number of anilines is 1. The van der Waals surface area contributed by atoms with Gasteiger partial charge in [-0.15, -0.1) is 0 Å². The van der Waals surface area contributed by atoms with Gasteiger partial charge in [-0.05, 0) is 144 Å². The molecule has 0 spiro atoms. The molecule has 9 rings (SSSR count). The van der Waals surface area contributed by atoms with Crippen LogP contribution >= 0.6 is 47.8 Å². The number of carboxylic acids is 2. The number of phenols is 3. The standard InChI is InChI=1S/C90H111IN18O21S2/c1-7-48(6)77(87(125)100-61(78(92)116)29-46(2)3)108-84(122)66(36-53-41-94-45-97-53)103-85(123)68(42-131)106-79(117)62(30-47(4)5)101-83(121)67(39-75(114)115)104-81(119)64(33-50-19-26-71(112)60(91)31-50)105-86(124)70-17-14-28-109(70)88(126)69(43-132)107-82(120)65(35-52-40-93-44-96-52)102-80(118)63(32-49-15-10-8-11-16-49)99-74(113)18-12-9-13-27-95-90(129)98-51-20-23-56(59(34-51)89(127)128)76-57-24-21-54(110)37-72(57)130-73-38-55(111)22-25-58(73)76/h8,10-11,15-16,19-26,31,34,37-38,40-41,44-48,61-70,77H,7,9,12-14,17-18,27-30,32-33,35-36,39,42-43H2,1-6H3,(H22-,92,93,94,95,96,97,98,99,100,101,102,103,104,105,106,107,108,110,111,112,113,114,115,116,117,118,119,120,121,122,123,124,125,127,128,129,131,132)/p+1/t48-,61-,62-,63-,64-,65-,66-,67-,68-,69-,70-,77-/m0/s1. The summed E-state index contributed by atoms with van der Waals surface area (Å²) in [7, 11) is 0. The number of thiol groups is 2. The number of fused-ring (bicyclic) bond motifs is 2. The molecule has 21 N–H and O–H groups in total. The molecule has 1 fully saturated rings. The van der Waals surface area contributed by atoms with Crippen molar-refractivity contribution >= 4 is 164 Å². The zero-order valence-electron chi connectivity index (χ0n) is 73.4. The van der Waals surface area contributed by atoms with Crippen LogP contribution in [0.4, 0.5) is 10.5 Å². The molecule has 12 atom stereocenters. The number of primary amides is 1. The molecule has 706 valence electrons. The number of hydrogen-bond donors (Lipinski definition) is 22. The van der Waals surface area contributed by atoms with E-state index in [0.717, 1.165) is 0 Å².